The first-order chi connectivity index (χ1) is 15.3. The van der Waals surface area contributed by atoms with Crippen LogP contribution in [-0.2, 0) is 9.59 Å². The second kappa shape index (κ2) is 10.2. The normalized spacial score (nSPS) is 16.0. The molecule has 170 valence electrons. The van der Waals surface area contributed by atoms with Gasteiger partial charge >= 0.3 is 6.03 Å². The minimum absolute atomic E-state index is 0.124. The lowest BCUT2D eigenvalue weighted by Crippen LogP contribution is -2.39. The van der Waals surface area contributed by atoms with Gasteiger partial charge in [-0.2, -0.15) is 0 Å². The molecule has 1 atom stereocenters. The van der Waals surface area contributed by atoms with Crippen LogP contribution in [0.4, 0.5) is 16.2 Å². The highest BCUT2D eigenvalue weighted by molar-refractivity contribution is 6.22. The summed E-state index contributed by atoms with van der Waals surface area (Å²) in [5.41, 5.74) is 1.04. The zero-order chi connectivity index (χ0) is 23.3. The number of hydrogen-bond acceptors (Lipinski definition) is 5. The van der Waals surface area contributed by atoms with Gasteiger partial charge in [0, 0.05) is 12.2 Å². The van der Waals surface area contributed by atoms with E-state index in [1.165, 1.54) is 4.90 Å². The third-order valence-electron chi connectivity index (χ3n) is 5.35. The van der Waals surface area contributed by atoms with E-state index in [4.69, 9.17) is 9.47 Å². The molecule has 0 spiro atoms. The maximum atomic E-state index is 13.2. The predicted molar refractivity (Wildman–Crippen MR) is 122 cm³/mol. The van der Waals surface area contributed by atoms with Crippen LogP contribution in [0.3, 0.4) is 0 Å². The lowest BCUT2D eigenvalue weighted by molar-refractivity contribution is -0.124. The molecular weight excluding hydrogens is 410 g/mol. The summed E-state index contributed by atoms with van der Waals surface area (Å²) in [7, 11) is 3.11. The van der Waals surface area contributed by atoms with Crippen LogP contribution in [0.1, 0.15) is 26.7 Å². The van der Waals surface area contributed by atoms with E-state index in [0.717, 1.165) is 11.3 Å². The maximum absolute atomic E-state index is 13.2. The van der Waals surface area contributed by atoms with Gasteiger partial charge in [-0.1, -0.05) is 13.8 Å². The summed E-state index contributed by atoms with van der Waals surface area (Å²) < 4.78 is 10.3. The second-order valence-electron chi connectivity index (χ2n) is 8.03. The van der Waals surface area contributed by atoms with Crippen LogP contribution in [0.2, 0.25) is 0 Å². The van der Waals surface area contributed by atoms with Crippen LogP contribution in [-0.4, -0.2) is 49.6 Å². The summed E-state index contributed by atoms with van der Waals surface area (Å²) in [6.07, 6.45) is 0.605. The number of carbonyl (C=O) groups excluding carboxylic acids is 3. The highest BCUT2D eigenvalue weighted by Gasteiger charge is 2.46. The first-order valence-electron chi connectivity index (χ1n) is 10.6. The molecule has 3 rings (SSSR count). The van der Waals surface area contributed by atoms with Gasteiger partial charge in [-0.05, 0) is 60.9 Å². The van der Waals surface area contributed by atoms with Crippen LogP contribution in [0.5, 0.6) is 11.5 Å². The molecule has 1 saturated heterocycles. The third-order valence-corrected chi connectivity index (χ3v) is 5.35. The summed E-state index contributed by atoms with van der Waals surface area (Å²) in [5, 5.41) is 2.79. The Hall–Kier alpha value is -3.55. The van der Waals surface area contributed by atoms with Gasteiger partial charge in [-0.25, -0.2) is 9.69 Å². The highest BCUT2D eigenvalue weighted by Crippen LogP contribution is 2.29. The molecule has 2 aromatic carbocycles. The summed E-state index contributed by atoms with van der Waals surface area (Å²) in [6.45, 7) is 4.50. The minimum atomic E-state index is -0.860. The summed E-state index contributed by atoms with van der Waals surface area (Å²) in [5.74, 6) is 0.900. The largest absolute Gasteiger partial charge is 0.497 e. The molecule has 0 radical (unpaired) electrons. The average molecular weight is 440 g/mol. The predicted octanol–water partition coefficient (Wildman–Crippen LogP) is 3.92. The van der Waals surface area contributed by atoms with Gasteiger partial charge in [0.15, 0.2) is 0 Å². The van der Waals surface area contributed by atoms with Crippen molar-refractivity contribution >= 4 is 29.2 Å². The van der Waals surface area contributed by atoms with Crippen molar-refractivity contribution in [2.24, 2.45) is 5.92 Å². The number of hydrogen-bond donors (Lipinski definition) is 1. The smallest absolute Gasteiger partial charge is 0.332 e. The maximum Gasteiger partial charge on any atom is 0.332 e. The first-order valence-corrected chi connectivity index (χ1v) is 10.6. The zero-order valence-electron chi connectivity index (χ0n) is 18.8. The van der Waals surface area contributed by atoms with Crippen LogP contribution in [0.25, 0.3) is 0 Å². The van der Waals surface area contributed by atoms with E-state index in [9.17, 15) is 14.4 Å². The minimum Gasteiger partial charge on any atom is -0.497 e. The molecule has 1 heterocycles. The molecule has 1 aliphatic heterocycles. The van der Waals surface area contributed by atoms with Crippen LogP contribution in [0.15, 0.2) is 48.5 Å². The number of methoxy groups -OCH3 is 2. The SMILES string of the molecule is COc1ccc(NC(=O)CC2C(=O)N(c3ccc(OC)cc3)C(=O)N2CCC(C)C)cc1. The van der Waals surface area contributed by atoms with Crippen molar-refractivity contribution in [3.8, 4) is 11.5 Å². The second-order valence-corrected chi connectivity index (χ2v) is 8.03. The van der Waals surface area contributed by atoms with Crippen molar-refractivity contribution in [3.63, 3.8) is 0 Å². The Morgan fingerprint density at radius 1 is 0.969 bits per heavy atom. The molecule has 8 heteroatoms. The molecule has 1 aliphatic rings. The quantitative estimate of drug-likeness (QED) is 0.599. The summed E-state index contributed by atoms with van der Waals surface area (Å²) in [6, 6.07) is 12.3. The number of nitrogens with zero attached hydrogens (tertiary/aromatic N) is 2. The zero-order valence-corrected chi connectivity index (χ0v) is 18.8. The number of nitrogens with one attached hydrogen (secondary N) is 1. The average Bonchev–Trinajstić information content (AvgIpc) is 3.01. The fourth-order valence-electron chi connectivity index (χ4n) is 3.52. The van der Waals surface area contributed by atoms with E-state index in [0.29, 0.717) is 35.3 Å². The van der Waals surface area contributed by atoms with Crippen LogP contribution in [0, 0.1) is 5.92 Å². The Balaban J connectivity index is 1.78. The molecule has 1 fully saturated rings. The number of imide groups is 1. The molecule has 32 heavy (non-hydrogen) atoms. The van der Waals surface area contributed by atoms with Gasteiger partial charge in [0.1, 0.15) is 17.5 Å². The number of ether oxygens (including phenoxy) is 2. The molecule has 2 aromatic rings. The van der Waals surface area contributed by atoms with E-state index >= 15 is 0 Å². The van der Waals surface area contributed by atoms with E-state index < -0.39 is 18.0 Å². The Kier molecular flexibility index (Phi) is 7.35. The number of urea groups is 1. The molecular formula is C24H29N3O5. The Morgan fingerprint density at radius 2 is 1.53 bits per heavy atom. The van der Waals surface area contributed by atoms with E-state index in [-0.39, 0.29) is 12.3 Å². The fraction of sp³-hybridized carbons (Fsp3) is 0.375. The van der Waals surface area contributed by atoms with E-state index in [1.54, 1.807) is 62.8 Å². The number of benzene rings is 2. The van der Waals surface area contributed by atoms with Gasteiger partial charge in [-0.3, -0.25) is 9.59 Å². The molecule has 0 aliphatic carbocycles. The standard InChI is InChI=1S/C24H29N3O5/c1-16(2)13-14-26-21(15-22(28)25-17-5-9-19(31-3)10-6-17)23(29)27(24(26)30)18-7-11-20(32-4)12-8-18/h5-12,16,21H,13-15H2,1-4H3,(H,25,28). The lowest BCUT2D eigenvalue weighted by atomic mass is 10.1. The number of amides is 4. The lowest BCUT2D eigenvalue weighted by Gasteiger charge is -2.22. The van der Waals surface area contributed by atoms with Gasteiger partial charge in [0.05, 0.1) is 26.3 Å². The molecule has 1 unspecified atom stereocenters. The van der Waals surface area contributed by atoms with Crippen LogP contribution < -0.4 is 19.7 Å². The van der Waals surface area contributed by atoms with E-state index in [2.05, 4.69) is 19.2 Å². The van der Waals surface area contributed by atoms with Gasteiger partial charge < -0.3 is 19.7 Å². The van der Waals surface area contributed by atoms with Crippen molar-refractivity contribution in [1.29, 1.82) is 0 Å². The molecule has 1 N–H and O–H groups in total. The Morgan fingerprint density at radius 3 is 2.06 bits per heavy atom. The fourth-order valence-corrected chi connectivity index (χ4v) is 3.52. The van der Waals surface area contributed by atoms with Crippen LogP contribution >= 0.6 is 0 Å². The molecule has 4 amide bonds. The van der Waals surface area contributed by atoms with Crippen molar-refractivity contribution in [2.75, 3.05) is 31.0 Å². The monoisotopic (exact) mass is 439 g/mol. The van der Waals surface area contributed by atoms with Gasteiger partial charge in [0.2, 0.25) is 5.91 Å². The highest BCUT2D eigenvalue weighted by atomic mass is 16.5. The molecule has 8 nitrogen and oxygen atoms in total. The first kappa shape index (κ1) is 23.1. The number of carbonyl (C=O) groups is 3. The van der Waals surface area contributed by atoms with Gasteiger partial charge in [0.25, 0.3) is 5.91 Å². The Bertz CT molecular complexity index is 957. The van der Waals surface area contributed by atoms with Crippen molar-refractivity contribution < 1.29 is 23.9 Å². The summed E-state index contributed by atoms with van der Waals surface area (Å²) >= 11 is 0. The topological polar surface area (TPSA) is 88.2 Å². The summed E-state index contributed by atoms with van der Waals surface area (Å²) in [4.78, 5) is 41.8. The van der Waals surface area contributed by atoms with E-state index in [1.807, 2.05) is 0 Å². The Labute approximate surface area is 188 Å². The van der Waals surface area contributed by atoms with Crippen molar-refractivity contribution in [3.05, 3.63) is 48.5 Å². The number of rotatable bonds is 9. The van der Waals surface area contributed by atoms with Gasteiger partial charge in [-0.15, -0.1) is 0 Å². The van der Waals surface area contributed by atoms with Crippen molar-refractivity contribution in [1.82, 2.24) is 4.90 Å². The van der Waals surface area contributed by atoms with Crippen molar-refractivity contribution in [2.45, 2.75) is 32.7 Å². The number of anilines is 2. The molecule has 0 bridgehead atoms. The third kappa shape index (κ3) is 5.19. The molecule has 0 aromatic heterocycles. The molecule has 0 saturated carbocycles.